The molecule has 0 amide bonds. The molecule has 1 aromatic heterocycles. The second kappa shape index (κ2) is 6.91. The normalized spacial score (nSPS) is 12.5. The van der Waals surface area contributed by atoms with Crippen molar-refractivity contribution in [1.82, 2.24) is 9.78 Å². The third kappa shape index (κ3) is 3.92. The molecule has 4 nitrogen and oxygen atoms in total. The molecule has 1 unspecified atom stereocenters. The van der Waals surface area contributed by atoms with E-state index in [4.69, 9.17) is 11.6 Å². The third-order valence-electron chi connectivity index (χ3n) is 2.24. The minimum absolute atomic E-state index is 0.224. The van der Waals surface area contributed by atoms with Gasteiger partial charge in [0, 0.05) is 18.3 Å². The van der Waals surface area contributed by atoms with Gasteiger partial charge in [-0.1, -0.05) is 18.5 Å². The number of rotatable bonds is 6. The fraction of sp³-hybridized carbons (Fsp3) is 0.636. The van der Waals surface area contributed by atoms with Crippen LogP contribution in [0.25, 0.3) is 0 Å². The summed E-state index contributed by atoms with van der Waals surface area (Å²) in [6.07, 6.45) is 4.52. The van der Waals surface area contributed by atoms with E-state index in [1.807, 2.05) is 20.1 Å². The average Bonchev–Trinajstić information content (AvgIpc) is 2.29. The van der Waals surface area contributed by atoms with Gasteiger partial charge in [0.2, 0.25) is 0 Å². The number of thioether (sulfide) groups is 1. The van der Waals surface area contributed by atoms with Crippen LogP contribution in [0.2, 0.25) is 5.02 Å². The zero-order valence-corrected chi connectivity index (χ0v) is 11.9. The van der Waals surface area contributed by atoms with Crippen molar-refractivity contribution in [1.29, 1.82) is 0 Å². The van der Waals surface area contributed by atoms with Crippen molar-refractivity contribution in [3.05, 3.63) is 21.6 Å². The molecule has 1 heterocycles. The monoisotopic (exact) mass is 275 g/mol. The summed E-state index contributed by atoms with van der Waals surface area (Å²) in [6.45, 7) is 4.64. The minimum Gasteiger partial charge on any atom is -0.379 e. The summed E-state index contributed by atoms with van der Waals surface area (Å²) in [5.74, 6) is 0.953. The molecule has 1 rings (SSSR count). The van der Waals surface area contributed by atoms with Crippen LogP contribution < -0.4 is 10.9 Å². The van der Waals surface area contributed by atoms with Crippen molar-refractivity contribution in [2.75, 3.05) is 17.3 Å². The molecule has 1 aromatic rings. The maximum absolute atomic E-state index is 11.8. The highest BCUT2D eigenvalue weighted by Gasteiger charge is 2.10. The van der Waals surface area contributed by atoms with Gasteiger partial charge in [-0.15, -0.1) is 0 Å². The van der Waals surface area contributed by atoms with Gasteiger partial charge in [-0.25, -0.2) is 4.68 Å². The lowest BCUT2D eigenvalue weighted by molar-refractivity contribution is 0.568. The van der Waals surface area contributed by atoms with E-state index in [2.05, 4.69) is 10.4 Å². The molecule has 0 fully saturated rings. The fourth-order valence-corrected chi connectivity index (χ4v) is 2.28. The van der Waals surface area contributed by atoms with E-state index in [0.29, 0.717) is 12.2 Å². The fourth-order valence-electron chi connectivity index (χ4n) is 1.49. The van der Waals surface area contributed by atoms with Crippen LogP contribution in [0.15, 0.2) is 11.0 Å². The zero-order chi connectivity index (χ0) is 12.8. The first kappa shape index (κ1) is 14.4. The minimum atomic E-state index is -0.227. The van der Waals surface area contributed by atoms with Gasteiger partial charge in [-0.05, 0) is 19.6 Å². The molecular formula is C11H18ClN3OS. The van der Waals surface area contributed by atoms with Crippen molar-refractivity contribution in [3.63, 3.8) is 0 Å². The van der Waals surface area contributed by atoms with E-state index < -0.39 is 0 Å². The Morgan fingerprint density at radius 2 is 2.35 bits per heavy atom. The van der Waals surface area contributed by atoms with Crippen molar-refractivity contribution < 1.29 is 0 Å². The molecule has 96 valence electrons. The summed E-state index contributed by atoms with van der Waals surface area (Å²) < 4.78 is 1.40. The Balaban J connectivity index is 2.89. The Labute approximate surface area is 111 Å². The highest BCUT2D eigenvalue weighted by atomic mass is 35.5. The Hall–Kier alpha value is -0.680. The van der Waals surface area contributed by atoms with Gasteiger partial charge < -0.3 is 5.32 Å². The largest absolute Gasteiger partial charge is 0.379 e. The first-order valence-corrected chi connectivity index (χ1v) is 7.38. The molecule has 0 aromatic carbocycles. The Morgan fingerprint density at radius 1 is 1.65 bits per heavy atom. The van der Waals surface area contributed by atoms with Crippen molar-refractivity contribution in [2.24, 2.45) is 0 Å². The van der Waals surface area contributed by atoms with Gasteiger partial charge in [-0.2, -0.15) is 16.9 Å². The molecule has 0 aliphatic rings. The highest BCUT2D eigenvalue weighted by Crippen LogP contribution is 2.17. The molecule has 6 heteroatoms. The first-order valence-electron chi connectivity index (χ1n) is 5.61. The SMILES string of the molecule is CCCn1ncc(NC(C)CSC)c(Cl)c1=O. The van der Waals surface area contributed by atoms with Crippen LogP contribution in [0.4, 0.5) is 5.69 Å². The van der Waals surface area contributed by atoms with E-state index in [9.17, 15) is 4.79 Å². The summed E-state index contributed by atoms with van der Waals surface area (Å²) in [6, 6.07) is 0.255. The summed E-state index contributed by atoms with van der Waals surface area (Å²) in [4.78, 5) is 11.8. The Kier molecular flexibility index (Phi) is 5.85. The lowest BCUT2D eigenvalue weighted by Crippen LogP contribution is -2.26. The standard InChI is InChI=1S/C11H18ClN3OS/c1-4-5-15-11(16)10(12)9(6-13-15)14-8(2)7-17-3/h6,8,14H,4-5,7H2,1-3H3. The predicted octanol–water partition coefficient (Wildman–Crippen LogP) is 2.47. The lowest BCUT2D eigenvalue weighted by Gasteiger charge is -2.15. The van der Waals surface area contributed by atoms with E-state index in [1.54, 1.807) is 18.0 Å². The number of aryl methyl sites for hydroxylation is 1. The number of anilines is 1. The number of aromatic nitrogens is 2. The van der Waals surface area contributed by atoms with Gasteiger partial charge in [0.25, 0.3) is 5.56 Å². The first-order chi connectivity index (χ1) is 8.10. The number of hydrogen-bond acceptors (Lipinski definition) is 4. The topological polar surface area (TPSA) is 46.9 Å². The molecule has 0 aliphatic heterocycles. The van der Waals surface area contributed by atoms with Crippen molar-refractivity contribution >= 4 is 29.1 Å². The number of hydrogen-bond donors (Lipinski definition) is 1. The van der Waals surface area contributed by atoms with Crippen LogP contribution in [0.3, 0.4) is 0 Å². The molecule has 1 atom stereocenters. The van der Waals surface area contributed by atoms with Gasteiger partial charge in [0.1, 0.15) is 5.02 Å². The van der Waals surface area contributed by atoms with Crippen LogP contribution in [0, 0.1) is 0 Å². The smallest absolute Gasteiger partial charge is 0.287 e. The summed E-state index contributed by atoms with van der Waals surface area (Å²) in [7, 11) is 0. The second-order valence-electron chi connectivity index (χ2n) is 3.90. The van der Waals surface area contributed by atoms with Crippen LogP contribution in [0.5, 0.6) is 0 Å². The molecule has 0 spiro atoms. The quantitative estimate of drug-likeness (QED) is 0.866. The maximum Gasteiger partial charge on any atom is 0.287 e. The second-order valence-corrected chi connectivity index (χ2v) is 5.19. The number of nitrogens with zero attached hydrogens (tertiary/aromatic N) is 2. The third-order valence-corrected chi connectivity index (χ3v) is 3.44. The van der Waals surface area contributed by atoms with Crippen LogP contribution >= 0.6 is 23.4 Å². The molecule has 0 saturated carbocycles. The lowest BCUT2D eigenvalue weighted by atomic mass is 10.3. The molecule has 0 aliphatic carbocycles. The Morgan fingerprint density at radius 3 is 2.94 bits per heavy atom. The maximum atomic E-state index is 11.8. The van der Waals surface area contributed by atoms with Crippen LogP contribution in [0.1, 0.15) is 20.3 Å². The molecule has 0 saturated heterocycles. The predicted molar refractivity (Wildman–Crippen MR) is 75.3 cm³/mol. The molecule has 17 heavy (non-hydrogen) atoms. The summed E-state index contributed by atoms with van der Waals surface area (Å²) >= 11 is 7.78. The molecule has 0 bridgehead atoms. The molecule has 1 N–H and O–H groups in total. The summed E-state index contributed by atoms with van der Waals surface area (Å²) in [5, 5.41) is 7.51. The van der Waals surface area contributed by atoms with E-state index in [0.717, 1.165) is 12.2 Å². The van der Waals surface area contributed by atoms with Gasteiger partial charge in [-0.3, -0.25) is 4.79 Å². The van der Waals surface area contributed by atoms with Crippen LogP contribution in [-0.4, -0.2) is 27.8 Å². The van der Waals surface area contributed by atoms with Crippen molar-refractivity contribution in [2.45, 2.75) is 32.9 Å². The highest BCUT2D eigenvalue weighted by molar-refractivity contribution is 7.98. The van der Waals surface area contributed by atoms with Gasteiger partial charge in [0.05, 0.1) is 11.9 Å². The Bertz CT molecular complexity index is 422. The zero-order valence-electron chi connectivity index (χ0n) is 10.4. The van der Waals surface area contributed by atoms with Gasteiger partial charge in [0.15, 0.2) is 0 Å². The molecule has 0 radical (unpaired) electrons. The van der Waals surface area contributed by atoms with Crippen LogP contribution in [-0.2, 0) is 6.54 Å². The van der Waals surface area contributed by atoms with E-state index >= 15 is 0 Å². The number of nitrogens with one attached hydrogen (secondary N) is 1. The van der Waals surface area contributed by atoms with E-state index in [-0.39, 0.29) is 16.6 Å². The summed E-state index contributed by atoms with van der Waals surface area (Å²) in [5.41, 5.74) is 0.389. The number of halogens is 1. The average molecular weight is 276 g/mol. The van der Waals surface area contributed by atoms with Crippen molar-refractivity contribution in [3.8, 4) is 0 Å². The van der Waals surface area contributed by atoms with Gasteiger partial charge >= 0.3 is 0 Å². The van der Waals surface area contributed by atoms with E-state index in [1.165, 1.54) is 4.68 Å². The molecular weight excluding hydrogens is 258 g/mol.